The molecule has 0 fully saturated rings. The first-order chi connectivity index (χ1) is 9.29. The van der Waals surface area contributed by atoms with Gasteiger partial charge in [0.1, 0.15) is 5.82 Å². The molecule has 0 spiro atoms. The highest BCUT2D eigenvalue weighted by atomic mass is 79.9. The number of nitrogens with one attached hydrogen (secondary N) is 2. The maximum atomic E-state index is 13.0. The van der Waals surface area contributed by atoms with Crippen molar-refractivity contribution in [2.45, 2.75) is 13.3 Å². The van der Waals surface area contributed by atoms with Crippen molar-refractivity contribution in [1.29, 1.82) is 0 Å². The Balaban J connectivity index is 2.57. The molecule has 0 radical (unpaired) electrons. The second-order valence-electron chi connectivity index (χ2n) is 4.28. The van der Waals surface area contributed by atoms with Crippen molar-refractivity contribution in [1.82, 2.24) is 5.32 Å². The molecule has 0 aliphatic heterocycles. The molecule has 0 bridgehead atoms. The molecule has 8 heteroatoms. The third-order valence-electron chi connectivity index (χ3n) is 2.38. The Morgan fingerprint density at radius 1 is 1.50 bits per heavy atom. The van der Waals surface area contributed by atoms with E-state index in [0.29, 0.717) is 4.47 Å². The van der Waals surface area contributed by atoms with Gasteiger partial charge in [0.2, 0.25) is 0 Å². The van der Waals surface area contributed by atoms with Gasteiger partial charge in [0.05, 0.1) is 10.7 Å². The summed E-state index contributed by atoms with van der Waals surface area (Å²) in [6.07, 6.45) is -0.0404. The number of amides is 2. The van der Waals surface area contributed by atoms with Crippen LogP contribution >= 0.6 is 27.5 Å². The molecule has 0 saturated carbocycles. The number of carbonyl (C=O) groups excluding carboxylic acids is 1. The summed E-state index contributed by atoms with van der Waals surface area (Å²) in [5, 5.41) is 13.6. The first kappa shape index (κ1) is 16.7. The fraction of sp³-hybridized carbons (Fsp3) is 0.333. The number of urea groups is 1. The second kappa shape index (κ2) is 7.44. The van der Waals surface area contributed by atoms with Crippen LogP contribution < -0.4 is 10.6 Å². The van der Waals surface area contributed by atoms with Gasteiger partial charge in [0, 0.05) is 17.4 Å². The molecule has 1 aromatic carbocycles. The first-order valence-electron chi connectivity index (χ1n) is 5.70. The van der Waals surface area contributed by atoms with Crippen molar-refractivity contribution in [2.75, 3.05) is 11.9 Å². The summed E-state index contributed by atoms with van der Waals surface area (Å²) in [6, 6.07) is 1.71. The average Bonchev–Trinajstić information content (AvgIpc) is 2.30. The quantitative estimate of drug-likeness (QED) is 0.745. The van der Waals surface area contributed by atoms with E-state index in [1.54, 1.807) is 6.92 Å². The predicted octanol–water partition coefficient (Wildman–Crippen LogP) is 3.47. The van der Waals surface area contributed by atoms with Crippen molar-refractivity contribution >= 4 is 45.2 Å². The molecule has 3 N–H and O–H groups in total. The minimum Gasteiger partial charge on any atom is -0.481 e. The monoisotopic (exact) mass is 366 g/mol. The van der Waals surface area contributed by atoms with Crippen molar-refractivity contribution in [3.05, 3.63) is 27.4 Å². The van der Waals surface area contributed by atoms with E-state index in [1.165, 1.54) is 6.07 Å². The summed E-state index contributed by atoms with van der Waals surface area (Å²) in [4.78, 5) is 22.1. The zero-order valence-electron chi connectivity index (χ0n) is 10.5. The number of benzene rings is 1. The van der Waals surface area contributed by atoms with Gasteiger partial charge in [-0.3, -0.25) is 4.79 Å². The highest BCUT2D eigenvalue weighted by Crippen LogP contribution is 2.31. The Morgan fingerprint density at radius 3 is 2.70 bits per heavy atom. The molecule has 110 valence electrons. The number of carbonyl (C=O) groups is 2. The van der Waals surface area contributed by atoms with Crippen LogP contribution in [0.15, 0.2) is 16.6 Å². The van der Waals surface area contributed by atoms with E-state index < -0.39 is 17.8 Å². The molecule has 5 nitrogen and oxygen atoms in total. The van der Waals surface area contributed by atoms with Crippen LogP contribution in [0.1, 0.15) is 13.3 Å². The molecule has 1 unspecified atom stereocenters. The van der Waals surface area contributed by atoms with E-state index in [9.17, 15) is 14.0 Å². The van der Waals surface area contributed by atoms with E-state index in [1.807, 2.05) is 0 Å². The Hall–Kier alpha value is -1.34. The number of rotatable bonds is 5. The summed E-state index contributed by atoms with van der Waals surface area (Å²) in [6.45, 7) is 1.91. The lowest BCUT2D eigenvalue weighted by Gasteiger charge is -2.13. The zero-order valence-corrected chi connectivity index (χ0v) is 12.9. The molecule has 1 atom stereocenters. The van der Waals surface area contributed by atoms with E-state index in [0.717, 1.165) is 6.07 Å². The molecule has 2 amide bonds. The number of carboxylic acid groups (broad SMARTS) is 1. The predicted molar refractivity (Wildman–Crippen MR) is 77.5 cm³/mol. The molecule has 0 aromatic heterocycles. The normalized spacial score (nSPS) is 11.8. The summed E-state index contributed by atoms with van der Waals surface area (Å²) in [5.41, 5.74) is 0.247. The number of carboxylic acids is 1. The molecule has 0 saturated heterocycles. The molecular weight excluding hydrogens is 354 g/mol. The van der Waals surface area contributed by atoms with Gasteiger partial charge in [-0.1, -0.05) is 18.5 Å². The van der Waals surface area contributed by atoms with Gasteiger partial charge in [-0.15, -0.1) is 0 Å². The standard InChI is InChI=1S/C12H13BrClFN2O3/c1-6(2-10(18)19)5-16-12(20)17-11-8(13)3-7(15)4-9(11)14/h3-4,6H,2,5H2,1H3,(H,18,19)(H2,16,17,20). The third kappa shape index (κ3) is 5.34. The average molecular weight is 368 g/mol. The lowest BCUT2D eigenvalue weighted by molar-refractivity contribution is -0.137. The minimum absolute atomic E-state index is 0.0404. The van der Waals surface area contributed by atoms with E-state index >= 15 is 0 Å². The molecule has 20 heavy (non-hydrogen) atoms. The van der Waals surface area contributed by atoms with Crippen LogP contribution in [-0.2, 0) is 4.79 Å². The van der Waals surface area contributed by atoms with E-state index in [4.69, 9.17) is 16.7 Å². The lowest BCUT2D eigenvalue weighted by atomic mass is 10.1. The van der Waals surface area contributed by atoms with Crippen LogP contribution in [0.25, 0.3) is 0 Å². The van der Waals surface area contributed by atoms with E-state index in [2.05, 4.69) is 26.6 Å². The van der Waals surface area contributed by atoms with Crippen LogP contribution in [0.3, 0.4) is 0 Å². The topological polar surface area (TPSA) is 78.4 Å². The highest BCUT2D eigenvalue weighted by Gasteiger charge is 2.13. The van der Waals surface area contributed by atoms with Gasteiger partial charge in [-0.2, -0.15) is 0 Å². The Kier molecular flexibility index (Phi) is 6.22. The fourth-order valence-electron chi connectivity index (χ4n) is 1.46. The van der Waals surface area contributed by atoms with Crippen molar-refractivity contribution in [2.24, 2.45) is 5.92 Å². The summed E-state index contributed by atoms with van der Waals surface area (Å²) < 4.78 is 13.3. The Labute approximate surface area is 128 Å². The smallest absolute Gasteiger partial charge is 0.319 e. The van der Waals surface area contributed by atoms with Crippen LogP contribution in [0.2, 0.25) is 5.02 Å². The van der Waals surface area contributed by atoms with Gasteiger partial charge in [0.15, 0.2) is 0 Å². The largest absolute Gasteiger partial charge is 0.481 e. The molecule has 1 rings (SSSR count). The highest BCUT2D eigenvalue weighted by molar-refractivity contribution is 9.10. The van der Waals surface area contributed by atoms with Gasteiger partial charge in [-0.25, -0.2) is 9.18 Å². The Morgan fingerprint density at radius 2 is 2.15 bits per heavy atom. The first-order valence-corrected chi connectivity index (χ1v) is 6.88. The van der Waals surface area contributed by atoms with Gasteiger partial charge < -0.3 is 15.7 Å². The van der Waals surface area contributed by atoms with Crippen LogP contribution in [0.4, 0.5) is 14.9 Å². The number of hydrogen-bond donors (Lipinski definition) is 3. The van der Waals surface area contributed by atoms with Crippen molar-refractivity contribution in [3.8, 4) is 0 Å². The SMILES string of the molecule is CC(CNC(=O)Nc1c(Cl)cc(F)cc1Br)CC(=O)O. The number of anilines is 1. The van der Waals surface area contributed by atoms with Crippen LogP contribution in [0.5, 0.6) is 0 Å². The van der Waals surface area contributed by atoms with E-state index in [-0.39, 0.29) is 29.6 Å². The lowest BCUT2D eigenvalue weighted by Crippen LogP contribution is -2.33. The minimum atomic E-state index is -0.927. The van der Waals surface area contributed by atoms with Crippen LogP contribution in [0, 0.1) is 11.7 Å². The van der Waals surface area contributed by atoms with Gasteiger partial charge in [-0.05, 0) is 34.0 Å². The zero-order chi connectivity index (χ0) is 15.3. The van der Waals surface area contributed by atoms with Gasteiger partial charge in [0.25, 0.3) is 0 Å². The number of hydrogen-bond acceptors (Lipinski definition) is 2. The summed E-state index contributed by atoms with van der Waals surface area (Å²) in [7, 11) is 0. The molecule has 0 heterocycles. The maximum absolute atomic E-state index is 13.0. The molecule has 0 aliphatic carbocycles. The van der Waals surface area contributed by atoms with Gasteiger partial charge >= 0.3 is 12.0 Å². The fourth-order valence-corrected chi connectivity index (χ4v) is 2.36. The third-order valence-corrected chi connectivity index (χ3v) is 3.30. The van der Waals surface area contributed by atoms with Crippen LogP contribution in [-0.4, -0.2) is 23.7 Å². The number of aliphatic carboxylic acids is 1. The summed E-state index contributed by atoms with van der Waals surface area (Å²) >= 11 is 8.91. The summed E-state index contributed by atoms with van der Waals surface area (Å²) in [5.74, 6) is -1.66. The van der Waals surface area contributed by atoms with Crippen molar-refractivity contribution < 1.29 is 19.1 Å². The molecule has 0 aliphatic rings. The Bertz CT molecular complexity index is 504. The number of halogens is 3. The molecule has 1 aromatic rings. The second-order valence-corrected chi connectivity index (χ2v) is 5.54. The maximum Gasteiger partial charge on any atom is 0.319 e. The molecular formula is C12H13BrClFN2O3. The van der Waals surface area contributed by atoms with Crippen molar-refractivity contribution in [3.63, 3.8) is 0 Å².